The third kappa shape index (κ3) is 3.92. The van der Waals surface area contributed by atoms with Crippen molar-refractivity contribution in [2.24, 2.45) is 10.7 Å². The summed E-state index contributed by atoms with van der Waals surface area (Å²) in [5, 5.41) is 3.09. The first-order chi connectivity index (χ1) is 13.9. The van der Waals surface area contributed by atoms with Crippen LogP contribution in [-0.4, -0.2) is 23.6 Å². The van der Waals surface area contributed by atoms with E-state index in [9.17, 15) is 13.6 Å². The number of fused-ring (bicyclic) bond motifs is 1. The average molecular weight is 419 g/mol. The topological polar surface area (TPSA) is 85.9 Å². The van der Waals surface area contributed by atoms with Gasteiger partial charge >= 0.3 is 0 Å². The molecule has 152 valence electrons. The van der Waals surface area contributed by atoms with Crippen molar-refractivity contribution in [3.05, 3.63) is 58.7 Å². The van der Waals surface area contributed by atoms with Crippen molar-refractivity contribution in [2.75, 3.05) is 17.9 Å². The van der Waals surface area contributed by atoms with Gasteiger partial charge in [0.25, 0.3) is 5.91 Å². The maximum absolute atomic E-state index is 14.6. The lowest BCUT2D eigenvalue weighted by molar-refractivity contribution is -0.0170. The highest BCUT2D eigenvalue weighted by Gasteiger charge is 2.32. The molecule has 0 saturated carbocycles. The first-order valence-electron chi connectivity index (χ1n) is 8.98. The summed E-state index contributed by atoms with van der Waals surface area (Å²) in [5.41, 5.74) is 6.22. The molecule has 0 spiro atoms. The molecule has 2 aliphatic rings. The van der Waals surface area contributed by atoms with Crippen LogP contribution in [0.5, 0.6) is 5.75 Å². The van der Waals surface area contributed by atoms with E-state index in [-0.39, 0.29) is 24.7 Å². The summed E-state index contributed by atoms with van der Waals surface area (Å²) in [6, 6.07) is 6.63. The third-order valence-corrected chi connectivity index (χ3v) is 5.71. The predicted octanol–water partition coefficient (Wildman–Crippen LogP) is 3.75. The van der Waals surface area contributed by atoms with Crippen LogP contribution in [0, 0.1) is 11.6 Å². The first kappa shape index (κ1) is 19.7. The number of nitrogens with zero attached hydrogens (tertiary/aromatic N) is 1. The van der Waals surface area contributed by atoms with E-state index in [2.05, 4.69) is 10.3 Å². The monoisotopic (exact) mass is 419 g/mol. The van der Waals surface area contributed by atoms with E-state index in [0.717, 1.165) is 11.8 Å². The van der Waals surface area contributed by atoms with Gasteiger partial charge in [0, 0.05) is 22.6 Å². The van der Waals surface area contributed by atoms with Crippen molar-refractivity contribution in [1.82, 2.24) is 0 Å². The highest BCUT2D eigenvalue weighted by molar-refractivity contribution is 8.13. The number of amidine groups is 1. The molecule has 0 aromatic heterocycles. The SMILES string of the molecule is CC1(c2cc(NC(=O)c3cc(F)cc4c3OCOC4)ccc2F)CCSC(N)=N1. The van der Waals surface area contributed by atoms with Crippen LogP contribution in [0.25, 0.3) is 0 Å². The van der Waals surface area contributed by atoms with Gasteiger partial charge in [-0.05, 0) is 43.7 Å². The zero-order valence-electron chi connectivity index (χ0n) is 15.6. The molecule has 1 unspecified atom stereocenters. The standard InChI is InChI=1S/C20H19F2N3O3S/c1-20(4-5-29-19(23)25-20)15-8-13(2-3-16(15)22)24-18(26)14-7-12(21)6-11-9-27-10-28-17(11)14/h2-3,6-8H,4-5,9-10H2,1H3,(H2,23,25)(H,24,26). The van der Waals surface area contributed by atoms with Crippen LogP contribution in [0.3, 0.4) is 0 Å². The zero-order valence-corrected chi connectivity index (χ0v) is 16.4. The molecule has 29 heavy (non-hydrogen) atoms. The third-order valence-electron chi connectivity index (χ3n) is 4.92. The van der Waals surface area contributed by atoms with Crippen molar-refractivity contribution in [3.63, 3.8) is 0 Å². The van der Waals surface area contributed by atoms with E-state index in [4.69, 9.17) is 15.2 Å². The Balaban J connectivity index is 1.65. The van der Waals surface area contributed by atoms with E-state index < -0.39 is 23.1 Å². The number of nitrogens with two attached hydrogens (primary N) is 1. The number of anilines is 1. The van der Waals surface area contributed by atoms with E-state index >= 15 is 0 Å². The van der Waals surface area contributed by atoms with Crippen molar-refractivity contribution in [1.29, 1.82) is 0 Å². The second kappa shape index (κ2) is 7.64. The minimum absolute atomic E-state index is 0.0185. The number of rotatable bonds is 3. The highest BCUT2D eigenvalue weighted by atomic mass is 32.2. The summed E-state index contributed by atoms with van der Waals surface area (Å²) in [5.74, 6) is -0.562. The average Bonchev–Trinajstić information content (AvgIpc) is 2.68. The normalized spacial score (nSPS) is 21.0. The molecule has 2 aliphatic heterocycles. The number of nitrogens with one attached hydrogen (secondary N) is 1. The second-order valence-electron chi connectivity index (χ2n) is 7.02. The molecule has 0 bridgehead atoms. The van der Waals surface area contributed by atoms with Gasteiger partial charge in [0.05, 0.1) is 17.7 Å². The van der Waals surface area contributed by atoms with E-state index in [1.807, 2.05) is 0 Å². The quantitative estimate of drug-likeness (QED) is 0.791. The fourth-order valence-electron chi connectivity index (χ4n) is 3.44. The van der Waals surface area contributed by atoms with Gasteiger partial charge in [-0.2, -0.15) is 0 Å². The lowest BCUT2D eigenvalue weighted by atomic mass is 9.89. The zero-order chi connectivity index (χ0) is 20.6. The molecule has 6 nitrogen and oxygen atoms in total. The molecule has 2 aromatic rings. The molecule has 1 atom stereocenters. The molecule has 0 fully saturated rings. The molecule has 0 aliphatic carbocycles. The highest BCUT2D eigenvalue weighted by Crippen LogP contribution is 2.37. The van der Waals surface area contributed by atoms with Gasteiger partial charge in [0.1, 0.15) is 17.4 Å². The predicted molar refractivity (Wildman–Crippen MR) is 107 cm³/mol. The van der Waals surface area contributed by atoms with E-state index in [0.29, 0.717) is 28.4 Å². The summed E-state index contributed by atoms with van der Waals surface area (Å²) in [6.07, 6.45) is 0.609. The van der Waals surface area contributed by atoms with Crippen LogP contribution in [0.1, 0.15) is 34.8 Å². The molecule has 0 radical (unpaired) electrons. The van der Waals surface area contributed by atoms with Gasteiger partial charge < -0.3 is 20.5 Å². The van der Waals surface area contributed by atoms with Crippen molar-refractivity contribution < 1.29 is 23.0 Å². The fraction of sp³-hybridized carbons (Fsp3) is 0.300. The van der Waals surface area contributed by atoms with Crippen LogP contribution in [0.2, 0.25) is 0 Å². The number of carbonyl (C=O) groups excluding carboxylic acids is 1. The Morgan fingerprint density at radius 3 is 2.93 bits per heavy atom. The van der Waals surface area contributed by atoms with Crippen LogP contribution in [0.4, 0.5) is 14.5 Å². The maximum Gasteiger partial charge on any atom is 0.259 e. The summed E-state index contributed by atoms with van der Waals surface area (Å²) in [4.78, 5) is 17.2. The van der Waals surface area contributed by atoms with Crippen LogP contribution in [0.15, 0.2) is 35.3 Å². The molecule has 9 heteroatoms. The first-order valence-corrected chi connectivity index (χ1v) is 9.97. The molecule has 4 rings (SSSR count). The summed E-state index contributed by atoms with van der Waals surface area (Å²) in [6.45, 7) is 1.94. The van der Waals surface area contributed by atoms with Gasteiger partial charge in [0.15, 0.2) is 12.0 Å². The number of carbonyl (C=O) groups is 1. The summed E-state index contributed by atoms with van der Waals surface area (Å²) < 4.78 is 39.0. The molecular formula is C20H19F2N3O3S. The van der Waals surface area contributed by atoms with Gasteiger partial charge in [-0.3, -0.25) is 9.79 Å². The van der Waals surface area contributed by atoms with E-state index in [1.54, 1.807) is 6.92 Å². The molecular weight excluding hydrogens is 400 g/mol. The maximum atomic E-state index is 14.6. The number of amides is 1. The van der Waals surface area contributed by atoms with Crippen molar-refractivity contribution in [2.45, 2.75) is 25.5 Å². The van der Waals surface area contributed by atoms with Crippen molar-refractivity contribution in [3.8, 4) is 5.75 Å². The fourth-order valence-corrected chi connectivity index (χ4v) is 4.42. The number of benzene rings is 2. The summed E-state index contributed by atoms with van der Waals surface area (Å²) in [7, 11) is 0. The molecule has 2 aromatic carbocycles. The Morgan fingerprint density at radius 1 is 1.31 bits per heavy atom. The Hall–Kier alpha value is -2.65. The van der Waals surface area contributed by atoms with Gasteiger partial charge in [-0.1, -0.05) is 11.8 Å². The van der Waals surface area contributed by atoms with Gasteiger partial charge in [-0.25, -0.2) is 8.78 Å². The van der Waals surface area contributed by atoms with Crippen molar-refractivity contribution >= 4 is 28.5 Å². The number of hydrogen-bond donors (Lipinski definition) is 2. The Morgan fingerprint density at radius 2 is 2.14 bits per heavy atom. The lowest BCUT2D eigenvalue weighted by Gasteiger charge is -2.30. The van der Waals surface area contributed by atoms with E-state index in [1.165, 1.54) is 36.0 Å². The molecule has 1 amide bonds. The molecule has 3 N–H and O–H groups in total. The lowest BCUT2D eigenvalue weighted by Crippen LogP contribution is -2.30. The summed E-state index contributed by atoms with van der Waals surface area (Å²) >= 11 is 1.42. The number of hydrogen-bond acceptors (Lipinski definition) is 6. The minimum Gasteiger partial charge on any atom is -0.466 e. The Bertz CT molecular complexity index is 1010. The minimum atomic E-state index is -0.821. The van der Waals surface area contributed by atoms with Crippen LogP contribution >= 0.6 is 11.8 Å². The Kier molecular flexibility index (Phi) is 5.18. The number of aliphatic imine (C=N–C) groups is 1. The smallest absolute Gasteiger partial charge is 0.259 e. The number of thioether (sulfide) groups is 1. The largest absolute Gasteiger partial charge is 0.466 e. The van der Waals surface area contributed by atoms with Gasteiger partial charge in [0.2, 0.25) is 0 Å². The number of ether oxygens (including phenoxy) is 2. The van der Waals surface area contributed by atoms with Crippen LogP contribution in [-0.2, 0) is 16.9 Å². The second-order valence-corrected chi connectivity index (χ2v) is 8.14. The Labute approximate surface area is 170 Å². The number of halogens is 2. The molecule has 2 heterocycles. The van der Waals surface area contributed by atoms with Gasteiger partial charge in [-0.15, -0.1) is 0 Å². The molecule has 0 saturated heterocycles. The van der Waals surface area contributed by atoms with Crippen LogP contribution < -0.4 is 15.8 Å².